The van der Waals surface area contributed by atoms with Gasteiger partial charge in [0, 0.05) is 25.0 Å². The van der Waals surface area contributed by atoms with E-state index in [9.17, 15) is 0 Å². The zero-order chi connectivity index (χ0) is 11.3. The maximum atomic E-state index is 5.80. The Morgan fingerprint density at radius 1 is 1.33 bits per heavy atom. The number of alkyl halides is 1. The minimum Gasteiger partial charge on any atom is -0.296 e. The molecule has 0 radical (unpaired) electrons. The molecule has 0 aromatic heterocycles. The van der Waals surface area contributed by atoms with Gasteiger partial charge >= 0.3 is 0 Å². The van der Waals surface area contributed by atoms with Crippen LogP contribution in [-0.4, -0.2) is 23.4 Å². The number of nitrogens with zero attached hydrogens (tertiary/aromatic N) is 1. The summed E-state index contributed by atoms with van der Waals surface area (Å²) in [6.07, 6.45) is 0. The molecule has 0 heterocycles. The molecule has 1 aromatic rings. The lowest BCUT2D eigenvalue weighted by Gasteiger charge is -2.25. The summed E-state index contributed by atoms with van der Waals surface area (Å²) in [4.78, 5) is 2.39. The Kier molecular flexibility index (Phi) is 5.13. The number of aryl methyl sites for hydroxylation is 1. The van der Waals surface area contributed by atoms with Gasteiger partial charge < -0.3 is 0 Å². The first kappa shape index (κ1) is 12.5. The Labute approximate surface area is 98.0 Å². The van der Waals surface area contributed by atoms with E-state index in [2.05, 4.69) is 49.9 Å². The van der Waals surface area contributed by atoms with Gasteiger partial charge in [-0.2, -0.15) is 0 Å². The van der Waals surface area contributed by atoms with E-state index in [-0.39, 0.29) is 0 Å². The molecule has 1 rings (SSSR count). The Bertz CT molecular complexity index is 296. The minimum atomic E-state index is 0.546. The molecule has 0 atom stereocenters. The van der Waals surface area contributed by atoms with E-state index in [4.69, 9.17) is 11.6 Å². The van der Waals surface area contributed by atoms with E-state index in [0.29, 0.717) is 11.9 Å². The second kappa shape index (κ2) is 6.14. The van der Waals surface area contributed by atoms with Crippen LogP contribution in [0.1, 0.15) is 25.0 Å². The third-order valence-corrected chi connectivity index (χ3v) is 2.74. The molecule has 0 aliphatic heterocycles. The predicted molar refractivity (Wildman–Crippen MR) is 67.4 cm³/mol. The number of rotatable bonds is 5. The van der Waals surface area contributed by atoms with Crippen molar-refractivity contribution in [2.24, 2.45) is 0 Å². The molecule has 0 bridgehead atoms. The van der Waals surface area contributed by atoms with Crippen LogP contribution < -0.4 is 0 Å². The molecule has 0 aliphatic rings. The zero-order valence-electron chi connectivity index (χ0n) is 9.83. The van der Waals surface area contributed by atoms with Gasteiger partial charge in [-0.15, -0.1) is 11.6 Å². The molecule has 84 valence electrons. The third kappa shape index (κ3) is 4.23. The summed E-state index contributed by atoms with van der Waals surface area (Å²) < 4.78 is 0. The molecule has 0 unspecified atom stereocenters. The van der Waals surface area contributed by atoms with Crippen molar-refractivity contribution in [2.45, 2.75) is 33.4 Å². The first-order chi connectivity index (χ1) is 7.13. The van der Waals surface area contributed by atoms with Gasteiger partial charge in [-0.25, -0.2) is 0 Å². The van der Waals surface area contributed by atoms with E-state index >= 15 is 0 Å². The van der Waals surface area contributed by atoms with Crippen LogP contribution in [0.2, 0.25) is 0 Å². The van der Waals surface area contributed by atoms with Gasteiger partial charge in [-0.1, -0.05) is 29.8 Å². The molecule has 0 N–H and O–H groups in total. The van der Waals surface area contributed by atoms with E-state index in [0.717, 1.165) is 13.1 Å². The summed E-state index contributed by atoms with van der Waals surface area (Å²) >= 11 is 5.80. The SMILES string of the molecule is Cc1cccc(CN(CCCl)C(C)C)c1. The van der Waals surface area contributed by atoms with Crippen LogP contribution in [0.15, 0.2) is 24.3 Å². The first-order valence-corrected chi connectivity index (χ1v) is 6.02. The molecular weight excluding hydrogens is 206 g/mol. The molecule has 0 spiro atoms. The van der Waals surface area contributed by atoms with Crippen LogP contribution in [0.4, 0.5) is 0 Å². The molecule has 0 aliphatic carbocycles. The quantitative estimate of drug-likeness (QED) is 0.694. The maximum absolute atomic E-state index is 5.80. The van der Waals surface area contributed by atoms with Crippen molar-refractivity contribution in [1.82, 2.24) is 4.90 Å². The summed E-state index contributed by atoms with van der Waals surface area (Å²) in [6, 6.07) is 9.21. The van der Waals surface area contributed by atoms with E-state index < -0.39 is 0 Å². The number of benzene rings is 1. The van der Waals surface area contributed by atoms with E-state index in [1.807, 2.05) is 0 Å². The first-order valence-electron chi connectivity index (χ1n) is 5.49. The smallest absolute Gasteiger partial charge is 0.0351 e. The van der Waals surface area contributed by atoms with Gasteiger partial charge in [-0.3, -0.25) is 4.90 Å². The van der Waals surface area contributed by atoms with Crippen LogP contribution in [0.5, 0.6) is 0 Å². The van der Waals surface area contributed by atoms with Crippen LogP contribution >= 0.6 is 11.6 Å². The van der Waals surface area contributed by atoms with Gasteiger partial charge in [0.15, 0.2) is 0 Å². The molecular formula is C13H20ClN. The fourth-order valence-electron chi connectivity index (χ4n) is 1.67. The topological polar surface area (TPSA) is 3.24 Å². The molecule has 1 aromatic carbocycles. The summed E-state index contributed by atoms with van der Waals surface area (Å²) in [6.45, 7) is 8.49. The summed E-state index contributed by atoms with van der Waals surface area (Å²) in [5, 5.41) is 0. The lowest BCUT2D eigenvalue weighted by Crippen LogP contribution is -2.32. The average Bonchev–Trinajstić information content (AvgIpc) is 2.17. The molecule has 15 heavy (non-hydrogen) atoms. The summed E-state index contributed by atoms with van der Waals surface area (Å²) in [7, 11) is 0. The van der Waals surface area contributed by atoms with Gasteiger partial charge in [-0.05, 0) is 26.3 Å². The van der Waals surface area contributed by atoms with Gasteiger partial charge in [0.1, 0.15) is 0 Å². The van der Waals surface area contributed by atoms with Crippen LogP contribution in [0, 0.1) is 6.92 Å². The Morgan fingerprint density at radius 2 is 2.07 bits per heavy atom. The van der Waals surface area contributed by atoms with E-state index in [1.54, 1.807) is 0 Å². The standard InChI is InChI=1S/C13H20ClN/c1-11(2)15(8-7-14)10-13-6-4-5-12(3)9-13/h4-6,9,11H,7-8,10H2,1-3H3. The second-order valence-corrected chi connectivity index (χ2v) is 4.62. The molecule has 0 saturated carbocycles. The van der Waals surface area contributed by atoms with Crippen molar-refractivity contribution in [3.05, 3.63) is 35.4 Å². The average molecular weight is 226 g/mol. The van der Waals surface area contributed by atoms with Crippen molar-refractivity contribution < 1.29 is 0 Å². The number of halogens is 1. The largest absolute Gasteiger partial charge is 0.296 e. The lowest BCUT2D eigenvalue weighted by atomic mass is 10.1. The predicted octanol–water partition coefficient (Wildman–Crippen LogP) is 3.44. The fourth-order valence-corrected chi connectivity index (χ4v) is 1.89. The Morgan fingerprint density at radius 3 is 2.60 bits per heavy atom. The van der Waals surface area contributed by atoms with Crippen molar-refractivity contribution in [3.63, 3.8) is 0 Å². The fraction of sp³-hybridized carbons (Fsp3) is 0.538. The van der Waals surface area contributed by atoms with Crippen LogP contribution in [0.3, 0.4) is 0 Å². The molecule has 2 heteroatoms. The normalized spacial score (nSPS) is 11.3. The van der Waals surface area contributed by atoms with Gasteiger partial charge in [0.2, 0.25) is 0 Å². The molecule has 0 saturated heterocycles. The minimum absolute atomic E-state index is 0.546. The maximum Gasteiger partial charge on any atom is 0.0351 e. The second-order valence-electron chi connectivity index (χ2n) is 4.24. The van der Waals surface area contributed by atoms with Crippen molar-refractivity contribution in [3.8, 4) is 0 Å². The van der Waals surface area contributed by atoms with Crippen molar-refractivity contribution >= 4 is 11.6 Å². The third-order valence-electron chi connectivity index (χ3n) is 2.57. The molecule has 0 amide bonds. The highest BCUT2D eigenvalue weighted by molar-refractivity contribution is 6.18. The molecule has 1 nitrogen and oxygen atoms in total. The Balaban J connectivity index is 2.65. The van der Waals surface area contributed by atoms with Gasteiger partial charge in [0.25, 0.3) is 0 Å². The Hall–Kier alpha value is -0.530. The summed E-state index contributed by atoms with van der Waals surface area (Å²) in [5.41, 5.74) is 2.69. The highest BCUT2D eigenvalue weighted by atomic mass is 35.5. The van der Waals surface area contributed by atoms with E-state index in [1.165, 1.54) is 11.1 Å². The van der Waals surface area contributed by atoms with Gasteiger partial charge in [0.05, 0.1) is 0 Å². The lowest BCUT2D eigenvalue weighted by molar-refractivity contribution is 0.226. The highest BCUT2D eigenvalue weighted by Crippen LogP contribution is 2.10. The monoisotopic (exact) mass is 225 g/mol. The van der Waals surface area contributed by atoms with Crippen molar-refractivity contribution in [1.29, 1.82) is 0 Å². The zero-order valence-corrected chi connectivity index (χ0v) is 10.6. The summed E-state index contributed by atoms with van der Waals surface area (Å²) in [5.74, 6) is 0.698. The van der Waals surface area contributed by atoms with Crippen LogP contribution in [-0.2, 0) is 6.54 Å². The number of hydrogen-bond donors (Lipinski definition) is 0. The highest BCUT2D eigenvalue weighted by Gasteiger charge is 2.08. The number of hydrogen-bond acceptors (Lipinski definition) is 1. The van der Waals surface area contributed by atoms with Crippen LogP contribution in [0.25, 0.3) is 0 Å². The van der Waals surface area contributed by atoms with Crippen molar-refractivity contribution in [2.75, 3.05) is 12.4 Å². The molecule has 0 fully saturated rings.